The third kappa shape index (κ3) is 4.59. The highest BCUT2D eigenvalue weighted by atomic mass is 16.5. The molecule has 152 valence electrons. The lowest BCUT2D eigenvalue weighted by molar-refractivity contribution is -0.143. The minimum Gasteiger partial charge on any atom is -0.493 e. The minimum absolute atomic E-state index is 0.0789. The van der Waals surface area contributed by atoms with Crippen molar-refractivity contribution >= 4 is 17.4 Å². The molecule has 0 aliphatic carbocycles. The van der Waals surface area contributed by atoms with Gasteiger partial charge in [0.05, 0.1) is 20.8 Å². The molecule has 0 radical (unpaired) electrons. The first-order valence-corrected chi connectivity index (χ1v) is 9.54. The Labute approximate surface area is 170 Å². The van der Waals surface area contributed by atoms with E-state index in [9.17, 15) is 9.59 Å². The van der Waals surface area contributed by atoms with Crippen LogP contribution in [0.5, 0.6) is 11.5 Å². The summed E-state index contributed by atoms with van der Waals surface area (Å²) in [6.45, 7) is 2.76. The third-order valence-electron chi connectivity index (χ3n) is 4.83. The number of esters is 1. The van der Waals surface area contributed by atoms with Crippen molar-refractivity contribution in [3.05, 3.63) is 65.2 Å². The first kappa shape index (κ1) is 20.5. The fraction of sp³-hybridized carbons (Fsp3) is 0.304. The molecule has 0 fully saturated rings. The highest BCUT2D eigenvalue weighted by Gasteiger charge is 2.26. The molecule has 0 N–H and O–H groups in total. The van der Waals surface area contributed by atoms with Crippen LogP contribution in [-0.2, 0) is 16.0 Å². The minimum atomic E-state index is -0.325. The average molecular weight is 395 g/mol. The Bertz CT molecular complexity index is 920. The molecule has 0 saturated heterocycles. The summed E-state index contributed by atoms with van der Waals surface area (Å²) in [6.07, 6.45) is 2.30. The number of ketones is 1. The van der Waals surface area contributed by atoms with E-state index in [1.54, 1.807) is 39.4 Å². The Kier molecular flexibility index (Phi) is 6.54. The van der Waals surface area contributed by atoms with E-state index in [0.717, 1.165) is 11.1 Å². The number of hydrogen-bond acceptors (Lipinski definition) is 6. The van der Waals surface area contributed by atoms with Gasteiger partial charge in [0, 0.05) is 29.4 Å². The molecule has 1 aliphatic heterocycles. The van der Waals surface area contributed by atoms with Crippen molar-refractivity contribution in [2.75, 3.05) is 33.9 Å². The van der Waals surface area contributed by atoms with Gasteiger partial charge in [0.2, 0.25) is 0 Å². The third-order valence-corrected chi connectivity index (χ3v) is 4.83. The molecule has 1 aliphatic rings. The van der Waals surface area contributed by atoms with E-state index in [0.29, 0.717) is 42.3 Å². The fourth-order valence-corrected chi connectivity index (χ4v) is 3.42. The largest absolute Gasteiger partial charge is 0.493 e. The number of hydrogen-bond donors (Lipinski definition) is 0. The molecule has 0 unspecified atom stereocenters. The van der Waals surface area contributed by atoms with Gasteiger partial charge in [0.15, 0.2) is 17.3 Å². The zero-order chi connectivity index (χ0) is 20.8. The Morgan fingerprint density at radius 1 is 1.07 bits per heavy atom. The maximum Gasteiger partial charge on any atom is 0.325 e. The molecule has 2 aromatic rings. The quantitative estimate of drug-likeness (QED) is 0.407. The number of nitrogens with zero attached hydrogens (tertiary/aromatic N) is 1. The Balaban J connectivity index is 2.06. The summed E-state index contributed by atoms with van der Waals surface area (Å²) < 4.78 is 16.0. The molecule has 0 saturated carbocycles. The van der Waals surface area contributed by atoms with Gasteiger partial charge in [-0.25, -0.2) is 0 Å². The molecule has 6 heteroatoms. The lowest BCUT2D eigenvalue weighted by Gasteiger charge is -2.33. The standard InChI is InChI=1S/C23H25NO5/c1-4-29-23(26)15-24-11-10-17-12-21(27-2)22(28-3)13-18(17)19(24)14-20(25)16-8-6-5-7-9-16/h5-9,12-14H,4,10-11,15H2,1-3H3/b19-14-. The number of rotatable bonds is 7. The van der Waals surface area contributed by atoms with Gasteiger partial charge in [-0.3, -0.25) is 9.59 Å². The van der Waals surface area contributed by atoms with Crippen molar-refractivity contribution in [1.29, 1.82) is 0 Å². The van der Waals surface area contributed by atoms with Gasteiger partial charge in [-0.15, -0.1) is 0 Å². The van der Waals surface area contributed by atoms with E-state index in [1.165, 1.54) is 0 Å². The molecule has 3 rings (SSSR count). The summed E-state index contributed by atoms with van der Waals surface area (Å²) >= 11 is 0. The SMILES string of the molecule is CCOC(=O)CN1CCc2cc(OC)c(OC)cc2/C1=C/C(=O)c1ccccc1. The van der Waals surface area contributed by atoms with E-state index < -0.39 is 0 Å². The van der Waals surface area contributed by atoms with Crippen molar-refractivity contribution in [2.24, 2.45) is 0 Å². The summed E-state index contributed by atoms with van der Waals surface area (Å²) in [5.41, 5.74) is 3.15. The van der Waals surface area contributed by atoms with E-state index in [-0.39, 0.29) is 18.3 Å². The molecular formula is C23H25NO5. The molecule has 6 nitrogen and oxygen atoms in total. The molecule has 0 spiro atoms. The van der Waals surface area contributed by atoms with Crippen LogP contribution in [-0.4, -0.2) is 50.6 Å². The van der Waals surface area contributed by atoms with Gasteiger partial charge < -0.3 is 19.1 Å². The van der Waals surface area contributed by atoms with Crippen LogP contribution in [0.15, 0.2) is 48.5 Å². The van der Waals surface area contributed by atoms with E-state index in [1.807, 2.05) is 35.2 Å². The number of benzene rings is 2. The summed E-state index contributed by atoms with van der Waals surface area (Å²) in [6, 6.07) is 12.8. The average Bonchev–Trinajstić information content (AvgIpc) is 2.75. The second-order valence-corrected chi connectivity index (χ2v) is 6.60. The van der Waals surface area contributed by atoms with Crippen LogP contribution < -0.4 is 9.47 Å². The smallest absolute Gasteiger partial charge is 0.325 e. The molecule has 0 atom stereocenters. The summed E-state index contributed by atoms with van der Waals surface area (Å²) in [5.74, 6) is 0.757. The Morgan fingerprint density at radius 2 is 1.76 bits per heavy atom. The highest BCUT2D eigenvalue weighted by Crippen LogP contribution is 2.37. The van der Waals surface area contributed by atoms with Crippen LogP contribution in [0, 0.1) is 0 Å². The van der Waals surface area contributed by atoms with E-state index >= 15 is 0 Å². The van der Waals surface area contributed by atoms with E-state index in [2.05, 4.69) is 0 Å². The number of fused-ring (bicyclic) bond motifs is 1. The van der Waals surface area contributed by atoms with Gasteiger partial charge in [-0.05, 0) is 31.0 Å². The number of carbonyl (C=O) groups excluding carboxylic acids is 2. The molecular weight excluding hydrogens is 370 g/mol. The first-order chi connectivity index (χ1) is 14.1. The van der Waals surface area contributed by atoms with Gasteiger partial charge in [-0.1, -0.05) is 30.3 Å². The molecule has 2 aromatic carbocycles. The first-order valence-electron chi connectivity index (χ1n) is 9.54. The maximum atomic E-state index is 12.9. The lowest BCUT2D eigenvalue weighted by atomic mass is 9.94. The van der Waals surface area contributed by atoms with Crippen LogP contribution in [0.4, 0.5) is 0 Å². The zero-order valence-electron chi connectivity index (χ0n) is 16.9. The predicted molar refractivity (Wildman–Crippen MR) is 110 cm³/mol. The van der Waals surface area contributed by atoms with Crippen LogP contribution in [0.25, 0.3) is 5.70 Å². The maximum absolute atomic E-state index is 12.9. The predicted octanol–water partition coefficient (Wildman–Crippen LogP) is 3.35. The zero-order valence-corrected chi connectivity index (χ0v) is 16.9. The Morgan fingerprint density at radius 3 is 2.41 bits per heavy atom. The Hall–Kier alpha value is -3.28. The molecule has 0 bridgehead atoms. The number of ether oxygens (including phenoxy) is 3. The normalized spacial score (nSPS) is 14.3. The number of allylic oxidation sites excluding steroid dienone is 1. The van der Waals surface area contributed by atoms with Crippen molar-refractivity contribution in [1.82, 2.24) is 4.90 Å². The van der Waals surface area contributed by atoms with Crippen molar-refractivity contribution in [3.63, 3.8) is 0 Å². The lowest BCUT2D eigenvalue weighted by Crippen LogP contribution is -2.35. The van der Waals surface area contributed by atoms with Crippen molar-refractivity contribution in [3.8, 4) is 11.5 Å². The second kappa shape index (κ2) is 9.28. The molecule has 0 amide bonds. The highest BCUT2D eigenvalue weighted by molar-refractivity contribution is 6.08. The molecule has 1 heterocycles. The van der Waals surface area contributed by atoms with Crippen molar-refractivity contribution in [2.45, 2.75) is 13.3 Å². The van der Waals surface area contributed by atoms with E-state index in [4.69, 9.17) is 14.2 Å². The van der Waals surface area contributed by atoms with Crippen LogP contribution in [0.2, 0.25) is 0 Å². The number of carbonyl (C=O) groups is 2. The summed E-state index contributed by atoms with van der Waals surface area (Å²) in [4.78, 5) is 26.9. The van der Waals surface area contributed by atoms with Gasteiger partial charge in [0.25, 0.3) is 0 Å². The second-order valence-electron chi connectivity index (χ2n) is 6.60. The topological polar surface area (TPSA) is 65.1 Å². The molecule has 29 heavy (non-hydrogen) atoms. The summed E-state index contributed by atoms with van der Waals surface area (Å²) in [5, 5.41) is 0. The monoisotopic (exact) mass is 395 g/mol. The fourth-order valence-electron chi connectivity index (χ4n) is 3.42. The van der Waals surface area contributed by atoms with Gasteiger partial charge in [0.1, 0.15) is 6.54 Å². The van der Waals surface area contributed by atoms with Crippen LogP contribution >= 0.6 is 0 Å². The number of methoxy groups -OCH3 is 2. The summed E-state index contributed by atoms with van der Waals surface area (Å²) in [7, 11) is 3.16. The van der Waals surface area contributed by atoms with Crippen LogP contribution in [0.1, 0.15) is 28.4 Å². The van der Waals surface area contributed by atoms with Gasteiger partial charge >= 0.3 is 5.97 Å². The molecule has 0 aromatic heterocycles. The van der Waals surface area contributed by atoms with Crippen LogP contribution in [0.3, 0.4) is 0 Å². The van der Waals surface area contributed by atoms with Gasteiger partial charge in [-0.2, -0.15) is 0 Å². The van der Waals surface area contributed by atoms with Crippen molar-refractivity contribution < 1.29 is 23.8 Å².